The van der Waals surface area contributed by atoms with Gasteiger partial charge in [-0.2, -0.15) is 0 Å². The summed E-state index contributed by atoms with van der Waals surface area (Å²) in [4.78, 5) is 32.5. The van der Waals surface area contributed by atoms with E-state index in [0.29, 0.717) is 43.3 Å². The van der Waals surface area contributed by atoms with Gasteiger partial charge >= 0.3 is 0 Å². The van der Waals surface area contributed by atoms with Gasteiger partial charge < -0.3 is 24.0 Å². The minimum atomic E-state index is -0.496. The molecule has 1 atom stereocenters. The van der Waals surface area contributed by atoms with E-state index in [1.807, 2.05) is 24.0 Å². The molecule has 1 aromatic heterocycles. The average Bonchev–Trinajstić information content (AvgIpc) is 3.32. The van der Waals surface area contributed by atoms with Crippen molar-refractivity contribution in [3.8, 4) is 5.75 Å². The van der Waals surface area contributed by atoms with Crippen molar-refractivity contribution in [2.45, 2.75) is 32.6 Å². The molecule has 0 saturated carbocycles. The molecule has 2 fully saturated rings. The topological polar surface area (TPSA) is 79.1 Å². The molecular weight excluding hydrogens is 456 g/mol. The van der Waals surface area contributed by atoms with E-state index in [0.717, 1.165) is 44.7 Å². The molecule has 34 heavy (non-hydrogen) atoms. The summed E-state index contributed by atoms with van der Waals surface area (Å²) in [6, 6.07) is 8.96. The number of amides is 2. The first kappa shape index (κ1) is 24.5. The lowest BCUT2D eigenvalue weighted by Gasteiger charge is -2.43. The van der Waals surface area contributed by atoms with Gasteiger partial charge in [0.2, 0.25) is 11.7 Å². The maximum atomic E-state index is 13.3. The van der Waals surface area contributed by atoms with E-state index in [2.05, 4.69) is 17.1 Å². The monoisotopic (exact) mass is 488 g/mol. The minimum absolute atomic E-state index is 0.116. The number of nitrogens with zero attached hydrogens (tertiary/aromatic N) is 4. The second-order valence-corrected chi connectivity index (χ2v) is 9.91. The Morgan fingerprint density at radius 2 is 1.94 bits per heavy atom. The third-order valence-electron chi connectivity index (χ3n) is 6.80. The Hall–Kier alpha value is -2.58. The second kappa shape index (κ2) is 10.8. The van der Waals surface area contributed by atoms with Crippen molar-refractivity contribution in [1.29, 1.82) is 0 Å². The zero-order valence-electron chi connectivity index (χ0n) is 20.0. The second-order valence-electron chi connectivity index (χ2n) is 9.47. The molecule has 184 valence electrons. The molecule has 0 radical (unpaired) electrons. The molecule has 1 aromatic carbocycles. The van der Waals surface area contributed by atoms with E-state index in [-0.39, 0.29) is 17.6 Å². The molecule has 0 spiro atoms. The molecule has 2 aliphatic rings. The first-order valence-electron chi connectivity index (χ1n) is 12.0. The summed E-state index contributed by atoms with van der Waals surface area (Å²) in [6.07, 6.45) is 2.62. The van der Waals surface area contributed by atoms with Crippen molar-refractivity contribution in [3.05, 3.63) is 46.8 Å². The van der Waals surface area contributed by atoms with Gasteiger partial charge in [-0.25, -0.2) is 0 Å². The summed E-state index contributed by atoms with van der Waals surface area (Å²) in [5, 5.41) is 4.56. The van der Waals surface area contributed by atoms with E-state index < -0.39 is 5.41 Å². The van der Waals surface area contributed by atoms with Crippen LogP contribution in [-0.4, -0.2) is 84.6 Å². The lowest BCUT2D eigenvalue weighted by atomic mass is 9.77. The van der Waals surface area contributed by atoms with Gasteiger partial charge in [-0.05, 0) is 44.5 Å². The highest BCUT2D eigenvalue weighted by atomic mass is 35.5. The Balaban J connectivity index is 1.51. The summed E-state index contributed by atoms with van der Waals surface area (Å²) in [7, 11) is 2.07. The number of piperidine rings is 1. The third kappa shape index (κ3) is 5.91. The molecule has 9 heteroatoms. The largest absolute Gasteiger partial charge is 0.493 e. The van der Waals surface area contributed by atoms with Gasteiger partial charge in [0.05, 0.1) is 12.3 Å². The molecule has 2 aliphatic heterocycles. The minimum Gasteiger partial charge on any atom is -0.493 e. The number of carbonyl (C=O) groups is 2. The van der Waals surface area contributed by atoms with E-state index in [4.69, 9.17) is 20.9 Å². The van der Waals surface area contributed by atoms with Crippen molar-refractivity contribution in [1.82, 2.24) is 19.9 Å². The summed E-state index contributed by atoms with van der Waals surface area (Å²) < 4.78 is 11.5. The molecule has 0 bridgehead atoms. The number of likely N-dealkylation sites (N-methyl/N-ethyl adjacent to an activating group) is 1. The van der Waals surface area contributed by atoms with Crippen LogP contribution in [-0.2, 0) is 11.2 Å². The van der Waals surface area contributed by atoms with E-state index in [9.17, 15) is 9.59 Å². The molecule has 2 saturated heterocycles. The van der Waals surface area contributed by atoms with Crippen LogP contribution < -0.4 is 4.74 Å². The Morgan fingerprint density at radius 1 is 1.15 bits per heavy atom. The lowest BCUT2D eigenvalue weighted by Crippen LogP contribution is -2.53. The summed E-state index contributed by atoms with van der Waals surface area (Å²) in [5.41, 5.74) is 0.255. The molecule has 8 nitrogen and oxygen atoms in total. The van der Waals surface area contributed by atoms with Crippen molar-refractivity contribution < 1.29 is 18.8 Å². The number of hydrogen-bond donors (Lipinski definition) is 0. The van der Waals surface area contributed by atoms with Crippen LogP contribution in [0.1, 0.15) is 42.4 Å². The highest BCUT2D eigenvalue weighted by Gasteiger charge is 2.42. The molecular formula is C25H33ClN4O4. The normalized spacial score (nSPS) is 21.5. The van der Waals surface area contributed by atoms with Crippen molar-refractivity contribution in [2.75, 3.05) is 52.9 Å². The fourth-order valence-corrected chi connectivity index (χ4v) is 4.89. The first-order valence-corrected chi connectivity index (χ1v) is 12.3. The highest BCUT2D eigenvalue weighted by Crippen LogP contribution is 2.36. The van der Waals surface area contributed by atoms with Gasteiger partial charge in [0.25, 0.3) is 5.91 Å². The molecule has 0 aliphatic carbocycles. The van der Waals surface area contributed by atoms with Crippen LogP contribution in [0.5, 0.6) is 5.75 Å². The lowest BCUT2D eigenvalue weighted by molar-refractivity contribution is -0.137. The predicted molar refractivity (Wildman–Crippen MR) is 129 cm³/mol. The molecule has 0 unspecified atom stereocenters. The molecule has 2 aromatic rings. The highest BCUT2D eigenvalue weighted by molar-refractivity contribution is 6.30. The standard InChI is InChI=1S/C25H33ClN4O4/c1-3-20-15-22(34-27-20)24(32)30-9-5-8-25(17-30,18-33-21-7-4-6-19(26)14-21)16-23(31)29-12-10-28(2)11-13-29/h4,6-7,14-15H,3,5,8-13,16-18H2,1-2H3/t25-/m1/s1. The number of benzene rings is 1. The van der Waals surface area contributed by atoms with Gasteiger partial charge in [0.15, 0.2) is 0 Å². The molecule has 0 N–H and O–H groups in total. The van der Waals surface area contributed by atoms with E-state index in [1.54, 1.807) is 23.1 Å². The van der Waals surface area contributed by atoms with Gasteiger partial charge in [-0.1, -0.05) is 29.7 Å². The maximum Gasteiger partial charge on any atom is 0.292 e. The van der Waals surface area contributed by atoms with Crippen LogP contribution in [0.25, 0.3) is 0 Å². The van der Waals surface area contributed by atoms with Crippen molar-refractivity contribution >= 4 is 23.4 Å². The van der Waals surface area contributed by atoms with Crippen LogP contribution in [0.2, 0.25) is 5.02 Å². The SMILES string of the molecule is CCc1cc(C(=O)N2CCC[C@@](COc3cccc(Cl)c3)(CC(=O)N3CCN(C)CC3)C2)on1. The number of halogens is 1. The van der Waals surface area contributed by atoms with Gasteiger partial charge in [-0.3, -0.25) is 9.59 Å². The van der Waals surface area contributed by atoms with Crippen LogP contribution in [0.4, 0.5) is 0 Å². The molecule has 3 heterocycles. The smallest absolute Gasteiger partial charge is 0.292 e. The summed E-state index contributed by atoms with van der Waals surface area (Å²) in [6.45, 7) is 6.52. The van der Waals surface area contributed by atoms with Gasteiger partial charge in [0.1, 0.15) is 5.75 Å². The molecule has 4 rings (SSSR count). The summed E-state index contributed by atoms with van der Waals surface area (Å²) >= 11 is 6.13. The first-order chi connectivity index (χ1) is 16.4. The van der Waals surface area contributed by atoms with Crippen LogP contribution in [0.3, 0.4) is 0 Å². The zero-order valence-corrected chi connectivity index (χ0v) is 20.7. The number of hydrogen-bond acceptors (Lipinski definition) is 6. The fourth-order valence-electron chi connectivity index (χ4n) is 4.71. The number of ether oxygens (including phenoxy) is 1. The number of rotatable bonds is 7. The number of aryl methyl sites for hydroxylation is 1. The maximum absolute atomic E-state index is 13.3. The van der Waals surface area contributed by atoms with Gasteiger partial charge in [0, 0.05) is 62.2 Å². The quantitative estimate of drug-likeness (QED) is 0.594. The third-order valence-corrected chi connectivity index (χ3v) is 7.04. The fraction of sp³-hybridized carbons (Fsp3) is 0.560. The predicted octanol–water partition coefficient (Wildman–Crippen LogP) is 3.36. The summed E-state index contributed by atoms with van der Waals surface area (Å²) in [5.74, 6) is 0.829. The van der Waals surface area contributed by atoms with E-state index >= 15 is 0 Å². The van der Waals surface area contributed by atoms with Crippen LogP contribution in [0.15, 0.2) is 34.9 Å². The van der Waals surface area contributed by atoms with Gasteiger partial charge in [-0.15, -0.1) is 0 Å². The van der Waals surface area contributed by atoms with Crippen molar-refractivity contribution in [3.63, 3.8) is 0 Å². The Kier molecular flexibility index (Phi) is 7.78. The molecule has 2 amide bonds. The van der Waals surface area contributed by atoms with Crippen LogP contribution in [0, 0.1) is 5.41 Å². The van der Waals surface area contributed by atoms with E-state index in [1.165, 1.54) is 0 Å². The number of aromatic nitrogens is 1. The zero-order chi connectivity index (χ0) is 24.1. The average molecular weight is 489 g/mol. The number of piperazine rings is 1. The van der Waals surface area contributed by atoms with Crippen molar-refractivity contribution in [2.24, 2.45) is 5.41 Å². The Labute approximate surface area is 205 Å². The Morgan fingerprint density at radius 3 is 2.65 bits per heavy atom. The van der Waals surface area contributed by atoms with Crippen LogP contribution >= 0.6 is 11.6 Å². The number of likely N-dealkylation sites (tertiary alicyclic amines) is 1. The number of carbonyl (C=O) groups excluding carboxylic acids is 2. The Bertz CT molecular complexity index is 1000.